The molecule has 0 aliphatic rings. The van der Waals surface area contributed by atoms with Crippen LogP contribution in [-0.4, -0.2) is 0 Å². The minimum atomic E-state index is 0.426. The summed E-state index contributed by atoms with van der Waals surface area (Å²) in [5.41, 5.74) is 2.03. The number of allylic oxidation sites excluding steroid dienone is 2. The third-order valence-electron chi connectivity index (χ3n) is 2.28. The predicted octanol–water partition coefficient (Wildman–Crippen LogP) is 4.66. The van der Waals surface area contributed by atoms with Crippen LogP contribution in [0.3, 0.4) is 0 Å². The Bertz CT molecular complexity index is 155. The summed E-state index contributed by atoms with van der Waals surface area (Å²) in [6.07, 6.45) is 3.63. The van der Waals surface area contributed by atoms with Gasteiger partial charge in [0.15, 0.2) is 0 Å². The maximum absolute atomic E-state index is 2.44. The molecule has 13 heavy (non-hydrogen) atoms. The van der Waals surface area contributed by atoms with E-state index in [1.165, 1.54) is 6.42 Å². The van der Waals surface area contributed by atoms with Crippen molar-refractivity contribution in [3.05, 3.63) is 11.6 Å². The van der Waals surface area contributed by atoms with Crippen molar-refractivity contribution in [1.29, 1.82) is 0 Å². The van der Waals surface area contributed by atoms with Crippen LogP contribution in [0.2, 0.25) is 0 Å². The number of hydrogen-bond donors (Lipinski definition) is 0. The van der Waals surface area contributed by atoms with E-state index in [0.29, 0.717) is 17.3 Å². The van der Waals surface area contributed by atoms with Gasteiger partial charge in [0.25, 0.3) is 0 Å². The number of hydrogen-bond acceptors (Lipinski definition) is 0. The van der Waals surface area contributed by atoms with Crippen molar-refractivity contribution < 1.29 is 0 Å². The maximum atomic E-state index is 2.44. The highest BCUT2D eigenvalue weighted by atomic mass is 14.2. The third-order valence-corrected chi connectivity index (χ3v) is 2.28. The summed E-state index contributed by atoms with van der Waals surface area (Å²) in [6.45, 7) is 16.0. The molecule has 0 aliphatic carbocycles. The average Bonchev–Trinajstić information content (AvgIpc) is 1.82. The van der Waals surface area contributed by atoms with E-state index < -0.39 is 0 Å². The molecule has 0 heteroatoms. The summed E-state index contributed by atoms with van der Waals surface area (Å²) in [5.74, 6) is 1.39. The predicted molar refractivity (Wildman–Crippen MR) is 61.8 cm³/mol. The fourth-order valence-electron chi connectivity index (χ4n) is 1.56. The topological polar surface area (TPSA) is 0 Å². The van der Waals surface area contributed by atoms with Crippen LogP contribution in [0.15, 0.2) is 11.6 Å². The Kier molecular flexibility index (Phi) is 4.74. The number of rotatable bonds is 3. The molecule has 0 heterocycles. The van der Waals surface area contributed by atoms with E-state index in [4.69, 9.17) is 0 Å². The summed E-state index contributed by atoms with van der Waals surface area (Å²) in [5, 5.41) is 0. The monoisotopic (exact) mass is 182 g/mol. The average molecular weight is 182 g/mol. The van der Waals surface area contributed by atoms with E-state index in [1.54, 1.807) is 5.57 Å². The second-order valence-corrected chi connectivity index (χ2v) is 5.78. The van der Waals surface area contributed by atoms with Crippen molar-refractivity contribution in [2.45, 2.75) is 54.9 Å². The van der Waals surface area contributed by atoms with Crippen LogP contribution in [0.1, 0.15) is 54.9 Å². The van der Waals surface area contributed by atoms with Crippen LogP contribution in [0, 0.1) is 17.3 Å². The second-order valence-electron chi connectivity index (χ2n) is 5.78. The van der Waals surface area contributed by atoms with Gasteiger partial charge in [0.1, 0.15) is 0 Å². The molecule has 0 rings (SSSR count). The summed E-state index contributed by atoms with van der Waals surface area (Å²) in [4.78, 5) is 0. The quantitative estimate of drug-likeness (QED) is 0.557. The van der Waals surface area contributed by atoms with Crippen molar-refractivity contribution in [1.82, 2.24) is 0 Å². The van der Waals surface area contributed by atoms with E-state index in [-0.39, 0.29) is 0 Å². The molecular formula is C13H26. The molecule has 0 nitrogen and oxygen atoms in total. The fraction of sp³-hybridized carbons (Fsp3) is 0.846. The van der Waals surface area contributed by atoms with Gasteiger partial charge in [-0.2, -0.15) is 0 Å². The molecule has 0 N–H and O–H groups in total. The van der Waals surface area contributed by atoms with Crippen LogP contribution in [0.4, 0.5) is 0 Å². The molecule has 0 unspecified atom stereocenters. The van der Waals surface area contributed by atoms with Gasteiger partial charge >= 0.3 is 0 Å². The summed E-state index contributed by atoms with van der Waals surface area (Å²) in [6, 6.07) is 0. The molecule has 0 aromatic heterocycles. The lowest BCUT2D eigenvalue weighted by atomic mass is 9.86. The van der Waals surface area contributed by atoms with Gasteiger partial charge in [-0.15, -0.1) is 0 Å². The molecule has 78 valence electrons. The Hall–Kier alpha value is -0.260. The zero-order valence-corrected chi connectivity index (χ0v) is 10.4. The Morgan fingerprint density at radius 2 is 1.38 bits per heavy atom. The second kappa shape index (κ2) is 4.83. The summed E-state index contributed by atoms with van der Waals surface area (Å²) in [7, 11) is 0. The molecule has 0 amide bonds. The minimum absolute atomic E-state index is 0.426. The van der Waals surface area contributed by atoms with Crippen LogP contribution >= 0.6 is 0 Å². The maximum Gasteiger partial charge on any atom is -0.0258 e. The standard InChI is InChI=1S/C13H26/c1-10(2)12(11(3)4)8-9-13(5,6)7/h8,10-11H,9H2,1-7H3. The van der Waals surface area contributed by atoms with E-state index in [9.17, 15) is 0 Å². The molecule has 0 aliphatic heterocycles. The van der Waals surface area contributed by atoms with Gasteiger partial charge in [0.2, 0.25) is 0 Å². The Morgan fingerprint density at radius 3 is 1.62 bits per heavy atom. The van der Waals surface area contributed by atoms with E-state index in [1.807, 2.05) is 0 Å². The van der Waals surface area contributed by atoms with Crippen LogP contribution in [0.25, 0.3) is 0 Å². The highest BCUT2D eigenvalue weighted by Crippen LogP contribution is 2.25. The van der Waals surface area contributed by atoms with E-state index >= 15 is 0 Å². The Labute approximate surface area is 84.4 Å². The molecule has 0 radical (unpaired) electrons. The molecule has 0 bridgehead atoms. The SMILES string of the molecule is CC(C)C(=CCC(C)(C)C)C(C)C. The van der Waals surface area contributed by atoms with Crippen molar-refractivity contribution in [3.63, 3.8) is 0 Å². The third kappa shape index (κ3) is 5.90. The van der Waals surface area contributed by atoms with Gasteiger partial charge in [-0.3, -0.25) is 0 Å². The highest BCUT2D eigenvalue weighted by molar-refractivity contribution is 5.08. The van der Waals surface area contributed by atoms with Gasteiger partial charge in [-0.05, 0) is 23.7 Å². The molecule has 0 fully saturated rings. The molecular weight excluding hydrogens is 156 g/mol. The first kappa shape index (κ1) is 12.7. The van der Waals surface area contributed by atoms with Crippen LogP contribution < -0.4 is 0 Å². The lowest BCUT2D eigenvalue weighted by Crippen LogP contribution is -2.07. The molecule has 0 spiro atoms. The van der Waals surface area contributed by atoms with Gasteiger partial charge < -0.3 is 0 Å². The van der Waals surface area contributed by atoms with Gasteiger partial charge in [0.05, 0.1) is 0 Å². The molecule has 0 atom stereocenters. The van der Waals surface area contributed by atoms with Gasteiger partial charge in [-0.1, -0.05) is 60.1 Å². The zero-order chi connectivity index (χ0) is 10.6. The molecule has 0 aromatic carbocycles. The smallest absolute Gasteiger partial charge is 0.0258 e. The first-order chi connectivity index (χ1) is 5.74. The largest absolute Gasteiger partial charge is 0.0843 e. The van der Waals surface area contributed by atoms with Gasteiger partial charge in [-0.25, -0.2) is 0 Å². The Balaban J connectivity index is 4.38. The van der Waals surface area contributed by atoms with Crippen molar-refractivity contribution >= 4 is 0 Å². The summed E-state index contributed by atoms with van der Waals surface area (Å²) >= 11 is 0. The normalized spacial score (nSPS) is 12.4. The molecule has 0 saturated carbocycles. The van der Waals surface area contributed by atoms with Crippen LogP contribution in [0.5, 0.6) is 0 Å². The summed E-state index contributed by atoms with van der Waals surface area (Å²) < 4.78 is 0. The lowest BCUT2D eigenvalue weighted by Gasteiger charge is -2.20. The Morgan fingerprint density at radius 1 is 1.00 bits per heavy atom. The van der Waals surface area contributed by atoms with Crippen molar-refractivity contribution in [3.8, 4) is 0 Å². The van der Waals surface area contributed by atoms with E-state index in [2.05, 4.69) is 54.5 Å². The van der Waals surface area contributed by atoms with Crippen LogP contribution in [-0.2, 0) is 0 Å². The zero-order valence-electron chi connectivity index (χ0n) is 10.4. The first-order valence-electron chi connectivity index (χ1n) is 5.44. The lowest BCUT2D eigenvalue weighted by molar-refractivity contribution is 0.416. The highest BCUT2D eigenvalue weighted by Gasteiger charge is 2.11. The van der Waals surface area contributed by atoms with Gasteiger partial charge in [0, 0.05) is 0 Å². The van der Waals surface area contributed by atoms with Crippen molar-refractivity contribution in [2.24, 2.45) is 17.3 Å². The first-order valence-corrected chi connectivity index (χ1v) is 5.44. The fourth-order valence-corrected chi connectivity index (χ4v) is 1.56. The minimum Gasteiger partial charge on any atom is -0.0843 e. The molecule has 0 saturated heterocycles. The van der Waals surface area contributed by atoms with Crippen molar-refractivity contribution in [2.75, 3.05) is 0 Å². The van der Waals surface area contributed by atoms with E-state index in [0.717, 1.165) is 0 Å². The molecule has 0 aromatic rings.